The SMILES string of the molecule is N=C(N)Nc1ccc(CNC(=O)N2CCN(C(=O)OC[C@H]3CC[C@@H](COC(=O)N4CCN(C(=O)NCc5ccc(NC(=N)N)cc5)CC4)CC3)CC2)cc1. The summed E-state index contributed by atoms with van der Waals surface area (Å²) in [4.78, 5) is 57.5. The zero-order chi connectivity index (χ0) is 38.5. The van der Waals surface area contributed by atoms with E-state index in [-0.39, 0.29) is 48.0 Å². The third-order valence-corrected chi connectivity index (χ3v) is 9.85. The highest BCUT2D eigenvalue weighted by molar-refractivity contribution is 5.90. The molecule has 3 aliphatic rings. The van der Waals surface area contributed by atoms with E-state index in [1.54, 1.807) is 43.9 Å². The second-order valence-corrected chi connectivity index (χ2v) is 13.8. The van der Waals surface area contributed by atoms with Gasteiger partial charge in [0.1, 0.15) is 0 Å². The number of guanidine groups is 2. The van der Waals surface area contributed by atoms with E-state index >= 15 is 0 Å². The van der Waals surface area contributed by atoms with E-state index < -0.39 is 0 Å². The number of urea groups is 2. The molecule has 2 aliphatic heterocycles. The topological polar surface area (TPSA) is 248 Å². The lowest BCUT2D eigenvalue weighted by Crippen LogP contribution is -2.53. The summed E-state index contributed by atoms with van der Waals surface area (Å²) in [5.74, 6) is 0.219. The smallest absolute Gasteiger partial charge is 0.409 e. The fraction of sp³-hybridized carbons (Fsp3) is 0.500. The lowest BCUT2D eigenvalue weighted by Gasteiger charge is -2.35. The van der Waals surface area contributed by atoms with Crippen LogP contribution in [0.2, 0.25) is 0 Å². The minimum Gasteiger partial charge on any atom is -0.449 e. The van der Waals surface area contributed by atoms with Gasteiger partial charge in [-0.2, -0.15) is 0 Å². The van der Waals surface area contributed by atoms with Crippen molar-refractivity contribution in [3.8, 4) is 0 Å². The van der Waals surface area contributed by atoms with Gasteiger partial charge in [-0.25, -0.2) is 19.2 Å². The van der Waals surface area contributed by atoms with Crippen molar-refractivity contribution >= 4 is 47.5 Å². The van der Waals surface area contributed by atoms with Gasteiger partial charge in [-0.15, -0.1) is 0 Å². The van der Waals surface area contributed by atoms with Crippen molar-refractivity contribution < 1.29 is 28.7 Å². The molecule has 2 aromatic rings. The molecule has 0 aromatic heterocycles. The van der Waals surface area contributed by atoms with Crippen LogP contribution in [0.3, 0.4) is 0 Å². The summed E-state index contributed by atoms with van der Waals surface area (Å²) in [6, 6.07) is 14.1. The number of nitrogens with two attached hydrogens (primary N) is 2. The molecule has 5 rings (SSSR count). The molecule has 0 spiro atoms. The summed E-state index contributed by atoms with van der Waals surface area (Å²) >= 11 is 0. The average Bonchev–Trinajstić information content (AvgIpc) is 3.18. The second-order valence-electron chi connectivity index (χ2n) is 13.8. The summed E-state index contributed by atoms with van der Waals surface area (Å²) in [7, 11) is 0. The van der Waals surface area contributed by atoms with E-state index in [4.69, 9.17) is 31.8 Å². The first kappa shape index (κ1) is 39.3. The van der Waals surface area contributed by atoms with Gasteiger partial charge in [0.25, 0.3) is 0 Å². The molecule has 1 saturated carbocycles. The van der Waals surface area contributed by atoms with E-state index in [1.165, 1.54) is 0 Å². The third kappa shape index (κ3) is 12.1. The van der Waals surface area contributed by atoms with Gasteiger partial charge in [0.15, 0.2) is 11.9 Å². The van der Waals surface area contributed by atoms with Crippen LogP contribution in [0.1, 0.15) is 36.8 Å². The van der Waals surface area contributed by atoms with Crippen molar-refractivity contribution in [1.29, 1.82) is 10.8 Å². The van der Waals surface area contributed by atoms with Crippen LogP contribution in [-0.4, -0.2) is 121 Å². The average molecular weight is 749 g/mol. The van der Waals surface area contributed by atoms with Crippen LogP contribution in [0.25, 0.3) is 0 Å². The maximum atomic E-state index is 12.8. The minimum absolute atomic E-state index is 0.143. The fourth-order valence-corrected chi connectivity index (χ4v) is 6.61. The summed E-state index contributed by atoms with van der Waals surface area (Å²) in [6.07, 6.45) is 2.80. The van der Waals surface area contributed by atoms with E-state index in [0.29, 0.717) is 90.0 Å². The summed E-state index contributed by atoms with van der Waals surface area (Å²) in [6.45, 7) is 4.64. The number of amides is 6. The molecule has 0 bridgehead atoms. The number of hydrogen-bond donors (Lipinski definition) is 8. The maximum absolute atomic E-state index is 12.8. The highest BCUT2D eigenvalue weighted by atomic mass is 16.6. The summed E-state index contributed by atoms with van der Waals surface area (Å²) < 4.78 is 11.3. The predicted octanol–water partition coefficient (Wildman–Crippen LogP) is 2.73. The number of nitrogens with zero attached hydrogens (tertiary/aromatic N) is 4. The molecule has 0 unspecified atom stereocenters. The lowest BCUT2D eigenvalue weighted by atomic mass is 9.83. The van der Waals surface area contributed by atoms with E-state index in [1.807, 2.05) is 24.3 Å². The number of piperazine rings is 2. The molecular weight excluding hydrogens is 696 g/mol. The number of carbonyl (C=O) groups excluding carboxylic acids is 4. The first-order valence-corrected chi connectivity index (χ1v) is 18.3. The Labute approximate surface area is 314 Å². The Bertz CT molecular complexity index is 1480. The zero-order valence-corrected chi connectivity index (χ0v) is 30.5. The summed E-state index contributed by atoms with van der Waals surface area (Å²) in [5.41, 5.74) is 13.9. The molecule has 2 heterocycles. The fourth-order valence-electron chi connectivity index (χ4n) is 6.61. The maximum Gasteiger partial charge on any atom is 0.409 e. The first-order valence-electron chi connectivity index (χ1n) is 18.3. The Morgan fingerprint density at radius 1 is 0.556 bits per heavy atom. The van der Waals surface area contributed by atoms with E-state index in [0.717, 1.165) is 36.8 Å². The van der Waals surface area contributed by atoms with Gasteiger partial charge in [-0.05, 0) is 72.9 Å². The highest BCUT2D eigenvalue weighted by Crippen LogP contribution is 2.29. The van der Waals surface area contributed by atoms with Crippen LogP contribution in [0, 0.1) is 22.7 Å². The Morgan fingerprint density at radius 2 is 0.870 bits per heavy atom. The first-order chi connectivity index (χ1) is 26.0. The molecule has 18 heteroatoms. The molecule has 18 nitrogen and oxygen atoms in total. The Hall–Kier alpha value is -5.94. The minimum atomic E-state index is -0.363. The van der Waals surface area contributed by atoms with Gasteiger partial charge in [-0.3, -0.25) is 10.8 Å². The molecule has 3 fully saturated rings. The molecular formula is C36H52N12O6. The van der Waals surface area contributed by atoms with Crippen LogP contribution in [0.15, 0.2) is 48.5 Å². The molecule has 0 radical (unpaired) electrons. The quantitative estimate of drug-likeness (QED) is 0.130. The summed E-state index contributed by atoms with van der Waals surface area (Å²) in [5, 5.41) is 25.8. The number of hydrogen-bond acceptors (Lipinski definition) is 8. The van der Waals surface area contributed by atoms with E-state index in [9.17, 15) is 19.2 Å². The van der Waals surface area contributed by atoms with Crippen LogP contribution < -0.4 is 32.7 Å². The molecule has 54 heavy (non-hydrogen) atoms. The van der Waals surface area contributed by atoms with Gasteiger partial charge in [0.05, 0.1) is 13.2 Å². The zero-order valence-electron chi connectivity index (χ0n) is 30.5. The number of nitrogens with one attached hydrogen (secondary N) is 6. The van der Waals surface area contributed by atoms with Crippen LogP contribution in [-0.2, 0) is 22.6 Å². The van der Waals surface area contributed by atoms with Gasteiger partial charge < -0.3 is 61.8 Å². The monoisotopic (exact) mass is 748 g/mol. The molecule has 2 aromatic carbocycles. The molecule has 292 valence electrons. The van der Waals surface area contributed by atoms with Gasteiger partial charge in [0, 0.05) is 76.8 Å². The number of benzene rings is 2. The normalized spacial score (nSPS) is 18.6. The van der Waals surface area contributed by atoms with Crippen molar-refractivity contribution in [2.75, 3.05) is 76.2 Å². The van der Waals surface area contributed by atoms with Crippen LogP contribution in [0.4, 0.5) is 30.6 Å². The molecule has 2 saturated heterocycles. The van der Waals surface area contributed by atoms with Gasteiger partial charge in [0.2, 0.25) is 0 Å². The largest absolute Gasteiger partial charge is 0.449 e. The third-order valence-electron chi connectivity index (χ3n) is 9.85. The Balaban J connectivity index is 0.893. The van der Waals surface area contributed by atoms with Gasteiger partial charge >= 0.3 is 24.2 Å². The molecule has 1 aliphatic carbocycles. The van der Waals surface area contributed by atoms with Crippen molar-refractivity contribution in [3.05, 3.63) is 59.7 Å². The Morgan fingerprint density at radius 3 is 1.19 bits per heavy atom. The van der Waals surface area contributed by atoms with Crippen molar-refractivity contribution in [1.82, 2.24) is 30.2 Å². The van der Waals surface area contributed by atoms with Crippen molar-refractivity contribution in [2.24, 2.45) is 23.3 Å². The number of carbonyl (C=O) groups is 4. The van der Waals surface area contributed by atoms with E-state index in [2.05, 4.69) is 21.3 Å². The van der Waals surface area contributed by atoms with Crippen LogP contribution in [0.5, 0.6) is 0 Å². The Kier molecular flexibility index (Phi) is 14.0. The number of anilines is 2. The molecule has 10 N–H and O–H groups in total. The second kappa shape index (κ2) is 19.2. The lowest BCUT2D eigenvalue weighted by molar-refractivity contribution is 0.0478. The van der Waals surface area contributed by atoms with Crippen LogP contribution >= 0.6 is 0 Å². The predicted molar refractivity (Wildman–Crippen MR) is 203 cm³/mol. The standard InChI is InChI=1S/C36H52N12O6/c37-31(38)43-29-9-5-25(6-10-29)21-41-33(49)45-13-17-47(18-14-45)35(51)53-23-27-1-2-28(4-3-27)24-54-36(52)48-19-15-46(16-20-48)34(50)42-22-26-7-11-30(12-8-26)44-32(39)40/h5-12,27-28H,1-4,13-24H2,(H,41,49)(H,42,50)(H4,37,38,43)(H4,39,40,44)/t27-,28+. The number of rotatable bonds is 10. The molecule has 6 amide bonds. The van der Waals surface area contributed by atoms with Gasteiger partial charge in [-0.1, -0.05) is 24.3 Å². The van der Waals surface area contributed by atoms with Crippen molar-refractivity contribution in [3.63, 3.8) is 0 Å². The number of ether oxygens (including phenoxy) is 2. The highest BCUT2D eigenvalue weighted by Gasteiger charge is 2.29. The van der Waals surface area contributed by atoms with Crippen molar-refractivity contribution in [2.45, 2.75) is 38.8 Å². The molecule has 0 atom stereocenters.